The van der Waals surface area contributed by atoms with E-state index in [1.54, 1.807) is 25.3 Å². The lowest BCUT2D eigenvalue weighted by molar-refractivity contribution is -0.121. The Morgan fingerprint density at radius 1 is 1.03 bits per heavy atom. The van der Waals surface area contributed by atoms with Crippen molar-refractivity contribution in [3.63, 3.8) is 0 Å². The molecule has 1 unspecified atom stereocenters. The number of nitrogens with one attached hydrogen (secondary N) is 2. The maximum atomic E-state index is 14.7. The molecule has 1 heterocycles. The van der Waals surface area contributed by atoms with E-state index in [1.807, 2.05) is 54.7 Å². The zero-order chi connectivity index (χ0) is 20.9. The van der Waals surface area contributed by atoms with Crippen LogP contribution in [0.1, 0.15) is 29.0 Å². The van der Waals surface area contributed by atoms with Crippen molar-refractivity contribution in [1.82, 2.24) is 10.3 Å². The third kappa shape index (κ3) is 4.20. The fourth-order valence-electron chi connectivity index (χ4n) is 3.74. The first-order chi connectivity index (χ1) is 14.7. The summed E-state index contributed by atoms with van der Waals surface area (Å²) in [5.41, 5.74) is 3.29. The van der Waals surface area contributed by atoms with Crippen molar-refractivity contribution in [1.29, 1.82) is 0 Å². The van der Waals surface area contributed by atoms with Gasteiger partial charge in [0.25, 0.3) is 0 Å². The van der Waals surface area contributed by atoms with E-state index in [0.717, 1.165) is 22.0 Å². The molecule has 4 rings (SSSR count). The maximum Gasteiger partial charge on any atom is 0.221 e. The topological polar surface area (TPSA) is 54.1 Å². The van der Waals surface area contributed by atoms with E-state index >= 15 is 0 Å². The Morgan fingerprint density at radius 3 is 2.57 bits per heavy atom. The Kier molecular flexibility index (Phi) is 5.80. The number of hydrogen-bond donors (Lipinski definition) is 2. The van der Waals surface area contributed by atoms with Crippen LogP contribution >= 0.6 is 0 Å². The second-order valence-electron chi connectivity index (χ2n) is 7.20. The standard InChI is InChI=1S/C25H23FN2O2/c1-30-18-11-12-24-21(13-18)22(16-27-24)20(19-9-5-6-10-23(19)26)14-25(29)28-15-17-7-3-2-4-8-17/h2-13,16,20,27H,14-15H2,1H3,(H,28,29). The number of H-pyrrole nitrogens is 1. The highest BCUT2D eigenvalue weighted by molar-refractivity contribution is 5.87. The van der Waals surface area contributed by atoms with Crippen LogP contribution in [-0.2, 0) is 11.3 Å². The molecule has 0 radical (unpaired) electrons. The Balaban J connectivity index is 1.66. The molecule has 0 aliphatic heterocycles. The van der Waals surface area contributed by atoms with Gasteiger partial charge in [-0.25, -0.2) is 4.39 Å². The van der Waals surface area contributed by atoms with Gasteiger partial charge in [-0.15, -0.1) is 0 Å². The van der Waals surface area contributed by atoms with Crippen LogP contribution in [0.15, 0.2) is 79.0 Å². The number of benzene rings is 3. The van der Waals surface area contributed by atoms with Crippen molar-refractivity contribution < 1.29 is 13.9 Å². The first kappa shape index (κ1) is 19.7. The third-order valence-electron chi connectivity index (χ3n) is 5.30. The molecule has 1 amide bonds. The summed E-state index contributed by atoms with van der Waals surface area (Å²) in [5.74, 6) is -0.174. The summed E-state index contributed by atoms with van der Waals surface area (Å²) in [6.45, 7) is 0.436. The molecule has 0 saturated heterocycles. The molecule has 0 saturated carbocycles. The van der Waals surface area contributed by atoms with Crippen LogP contribution < -0.4 is 10.1 Å². The van der Waals surface area contributed by atoms with Gasteiger partial charge in [0, 0.05) is 36.0 Å². The highest BCUT2D eigenvalue weighted by atomic mass is 19.1. The first-order valence-corrected chi connectivity index (χ1v) is 9.86. The molecule has 2 N–H and O–H groups in total. The zero-order valence-electron chi connectivity index (χ0n) is 16.7. The third-order valence-corrected chi connectivity index (χ3v) is 5.30. The molecule has 4 aromatic rings. The molecular formula is C25H23FN2O2. The molecule has 1 atom stereocenters. The predicted octanol–water partition coefficient (Wildman–Crippen LogP) is 5.15. The fraction of sp³-hybridized carbons (Fsp3) is 0.160. The van der Waals surface area contributed by atoms with E-state index in [9.17, 15) is 9.18 Å². The van der Waals surface area contributed by atoms with E-state index in [-0.39, 0.29) is 18.1 Å². The lowest BCUT2D eigenvalue weighted by Gasteiger charge is -2.18. The molecule has 152 valence electrons. The normalized spacial score (nSPS) is 11.9. The molecule has 3 aromatic carbocycles. The van der Waals surface area contributed by atoms with Crippen LogP contribution in [0, 0.1) is 5.82 Å². The van der Waals surface area contributed by atoms with E-state index < -0.39 is 5.92 Å². The van der Waals surface area contributed by atoms with Gasteiger partial charge >= 0.3 is 0 Å². The molecule has 5 heteroatoms. The van der Waals surface area contributed by atoms with Gasteiger partial charge in [-0.2, -0.15) is 0 Å². The number of hydrogen-bond acceptors (Lipinski definition) is 2. The van der Waals surface area contributed by atoms with Crippen LogP contribution in [0.25, 0.3) is 10.9 Å². The molecular weight excluding hydrogens is 379 g/mol. The highest BCUT2D eigenvalue weighted by Crippen LogP contribution is 2.36. The Bertz CT molecular complexity index is 1150. The van der Waals surface area contributed by atoms with E-state index in [1.165, 1.54) is 6.07 Å². The summed E-state index contributed by atoms with van der Waals surface area (Å²) in [6, 6.07) is 22.0. The van der Waals surface area contributed by atoms with Gasteiger partial charge < -0.3 is 15.0 Å². The van der Waals surface area contributed by atoms with E-state index in [2.05, 4.69) is 10.3 Å². The molecule has 0 aliphatic carbocycles. The second kappa shape index (κ2) is 8.82. The van der Waals surface area contributed by atoms with Gasteiger partial charge in [0.2, 0.25) is 5.91 Å². The van der Waals surface area contributed by atoms with Crippen molar-refractivity contribution in [3.05, 3.63) is 102 Å². The van der Waals surface area contributed by atoms with Crippen molar-refractivity contribution in [2.75, 3.05) is 7.11 Å². The maximum absolute atomic E-state index is 14.7. The largest absolute Gasteiger partial charge is 0.497 e. The number of aromatic nitrogens is 1. The summed E-state index contributed by atoms with van der Waals surface area (Å²) in [6.07, 6.45) is 1.99. The van der Waals surface area contributed by atoms with Crippen LogP contribution in [0.4, 0.5) is 4.39 Å². The van der Waals surface area contributed by atoms with Crippen molar-refractivity contribution in [3.8, 4) is 5.75 Å². The number of amides is 1. The number of rotatable bonds is 7. The number of carbonyl (C=O) groups is 1. The average molecular weight is 402 g/mol. The number of fused-ring (bicyclic) bond motifs is 1. The van der Waals surface area contributed by atoms with Crippen LogP contribution in [-0.4, -0.2) is 18.0 Å². The Labute approximate surface area is 174 Å². The minimum absolute atomic E-state index is 0.135. The fourth-order valence-corrected chi connectivity index (χ4v) is 3.74. The van der Waals surface area contributed by atoms with Gasteiger partial charge in [-0.1, -0.05) is 48.5 Å². The van der Waals surface area contributed by atoms with Crippen LogP contribution in [0.2, 0.25) is 0 Å². The van der Waals surface area contributed by atoms with Gasteiger partial charge in [0.05, 0.1) is 7.11 Å². The lowest BCUT2D eigenvalue weighted by atomic mass is 9.87. The molecule has 0 fully saturated rings. The summed E-state index contributed by atoms with van der Waals surface area (Å²) in [7, 11) is 1.61. The van der Waals surface area contributed by atoms with Crippen molar-refractivity contribution in [2.24, 2.45) is 0 Å². The lowest BCUT2D eigenvalue weighted by Crippen LogP contribution is -2.25. The Morgan fingerprint density at radius 2 is 1.80 bits per heavy atom. The molecule has 1 aromatic heterocycles. The van der Waals surface area contributed by atoms with Crippen LogP contribution in [0.3, 0.4) is 0 Å². The monoisotopic (exact) mass is 402 g/mol. The van der Waals surface area contributed by atoms with E-state index in [0.29, 0.717) is 17.9 Å². The molecule has 0 spiro atoms. The first-order valence-electron chi connectivity index (χ1n) is 9.86. The SMILES string of the molecule is COc1ccc2[nH]cc(C(CC(=O)NCc3ccccc3)c3ccccc3F)c2c1. The molecule has 30 heavy (non-hydrogen) atoms. The van der Waals surface area contributed by atoms with Gasteiger partial charge in [0.1, 0.15) is 11.6 Å². The minimum atomic E-state index is -0.428. The predicted molar refractivity (Wildman–Crippen MR) is 116 cm³/mol. The molecule has 0 bridgehead atoms. The van der Waals surface area contributed by atoms with Gasteiger partial charge in [-0.3, -0.25) is 4.79 Å². The molecule has 4 nitrogen and oxygen atoms in total. The van der Waals surface area contributed by atoms with Crippen LogP contribution in [0.5, 0.6) is 5.75 Å². The highest BCUT2D eigenvalue weighted by Gasteiger charge is 2.24. The number of halogens is 1. The number of methoxy groups -OCH3 is 1. The van der Waals surface area contributed by atoms with Gasteiger partial charge in [0.15, 0.2) is 0 Å². The quantitative estimate of drug-likeness (QED) is 0.449. The molecule has 0 aliphatic rings. The van der Waals surface area contributed by atoms with Crippen molar-refractivity contribution >= 4 is 16.8 Å². The number of ether oxygens (including phenoxy) is 1. The van der Waals surface area contributed by atoms with Crippen molar-refractivity contribution in [2.45, 2.75) is 18.9 Å². The summed E-state index contributed by atoms with van der Waals surface area (Å²) >= 11 is 0. The summed E-state index contributed by atoms with van der Waals surface area (Å²) in [4.78, 5) is 16.0. The van der Waals surface area contributed by atoms with Gasteiger partial charge in [-0.05, 0) is 41.0 Å². The number of aromatic amines is 1. The van der Waals surface area contributed by atoms with E-state index in [4.69, 9.17) is 4.74 Å². The summed E-state index contributed by atoms with van der Waals surface area (Å²) < 4.78 is 20.1. The zero-order valence-corrected chi connectivity index (χ0v) is 16.7. The number of carbonyl (C=O) groups excluding carboxylic acids is 1. The Hall–Kier alpha value is -3.60. The minimum Gasteiger partial charge on any atom is -0.497 e. The smallest absolute Gasteiger partial charge is 0.221 e. The average Bonchev–Trinajstić information content (AvgIpc) is 3.20. The second-order valence-corrected chi connectivity index (χ2v) is 7.20. The summed E-state index contributed by atoms with van der Waals surface area (Å²) in [5, 5.41) is 3.87.